The lowest BCUT2D eigenvalue weighted by molar-refractivity contribution is -0.123. The first-order valence-electron chi connectivity index (χ1n) is 12.4. The predicted octanol–water partition coefficient (Wildman–Crippen LogP) is 3.57. The molecule has 1 aromatic heterocycles. The van der Waals surface area contributed by atoms with Crippen LogP contribution in [0.1, 0.15) is 57.7 Å². The van der Waals surface area contributed by atoms with Gasteiger partial charge in [-0.15, -0.1) is 0 Å². The van der Waals surface area contributed by atoms with E-state index in [1.165, 1.54) is 56.9 Å². The minimum absolute atomic E-state index is 0.0938. The highest BCUT2D eigenvalue weighted by Crippen LogP contribution is 2.59. The van der Waals surface area contributed by atoms with Gasteiger partial charge in [-0.25, -0.2) is 17.7 Å². The lowest BCUT2D eigenvalue weighted by Crippen LogP contribution is -2.51. The Labute approximate surface area is 197 Å². The van der Waals surface area contributed by atoms with Gasteiger partial charge in [-0.2, -0.15) is 0 Å². The fraction of sp³-hybridized carbons (Fsp3) is 0.680. The molecule has 6 rings (SSSR count). The maximum Gasteiger partial charge on any atom is 0.242 e. The predicted molar refractivity (Wildman–Crippen MR) is 128 cm³/mol. The molecule has 180 valence electrons. The van der Waals surface area contributed by atoms with E-state index in [4.69, 9.17) is 4.98 Å². The highest BCUT2D eigenvalue weighted by atomic mass is 32.2. The summed E-state index contributed by atoms with van der Waals surface area (Å²) >= 11 is 0. The van der Waals surface area contributed by atoms with Gasteiger partial charge in [-0.1, -0.05) is 0 Å². The van der Waals surface area contributed by atoms with Crippen LogP contribution in [0.3, 0.4) is 0 Å². The number of hydrogen-bond acceptors (Lipinski definition) is 4. The van der Waals surface area contributed by atoms with Crippen molar-refractivity contribution in [3.63, 3.8) is 0 Å². The van der Waals surface area contributed by atoms with Gasteiger partial charge in [0.2, 0.25) is 15.9 Å². The van der Waals surface area contributed by atoms with E-state index in [1.807, 2.05) is 13.0 Å². The van der Waals surface area contributed by atoms with E-state index < -0.39 is 10.0 Å². The van der Waals surface area contributed by atoms with Crippen LogP contribution in [0.2, 0.25) is 0 Å². The largest absolute Gasteiger partial charge is 0.356 e. The molecule has 4 aliphatic rings. The molecule has 8 heteroatoms. The SMILES string of the molecule is CCn1c(CCC(=O)NCC23CC4CC(CC(C4)C2)C3)nc2cc(S(=O)(=O)N(C)C)ccc21. The molecule has 1 N–H and O–H groups in total. The van der Waals surface area contributed by atoms with Crippen LogP contribution in [0.15, 0.2) is 23.1 Å². The number of imidazole rings is 1. The number of hydrogen-bond donors (Lipinski definition) is 1. The van der Waals surface area contributed by atoms with Gasteiger partial charge >= 0.3 is 0 Å². The summed E-state index contributed by atoms with van der Waals surface area (Å²) in [7, 11) is -0.460. The van der Waals surface area contributed by atoms with E-state index in [0.29, 0.717) is 23.8 Å². The molecule has 1 aromatic carbocycles. The standard InChI is InChI=1S/C25H36N4O3S/c1-4-29-22-6-5-20(33(31,32)28(2)3)12-21(22)27-23(29)7-8-24(30)26-16-25-13-17-9-18(14-25)11-19(10-17)15-25/h5-6,12,17-19H,4,7-11,13-16H2,1-3H3,(H,26,30). The number of nitrogens with zero attached hydrogens (tertiary/aromatic N) is 3. The number of benzene rings is 1. The quantitative estimate of drug-likeness (QED) is 0.637. The molecule has 4 fully saturated rings. The lowest BCUT2D eigenvalue weighted by Gasteiger charge is -2.56. The monoisotopic (exact) mass is 472 g/mol. The van der Waals surface area contributed by atoms with Crippen molar-refractivity contribution < 1.29 is 13.2 Å². The van der Waals surface area contributed by atoms with E-state index in [1.54, 1.807) is 12.1 Å². The Kier molecular flexibility index (Phi) is 5.80. The van der Waals surface area contributed by atoms with Crippen LogP contribution < -0.4 is 5.32 Å². The maximum absolute atomic E-state index is 12.8. The zero-order chi connectivity index (χ0) is 23.4. The molecule has 0 radical (unpaired) electrons. The van der Waals surface area contributed by atoms with Crippen LogP contribution in [0.5, 0.6) is 0 Å². The van der Waals surface area contributed by atoms with Crippen molar-refractivity contribution in [2.75, 3.05) is 20.6 Å². The van der Waals surface area contributed by atoms with Gasteiger partial charge in [0.05, 0.1) is 15.9 Å². The zero-order valence-electron chi connectivity index (χ0n) is 20.0. The van der Waals surface area contributed by atoms with Gasteiger partial charge < -0.3 is 9.88 Å². The summed E-state index contributed by atoms with van der Waals surface area (Å²) in [6, 6.07) is 5.08. The first-order chi connectivity index (χ1) is 15.7. The Bertz CT molecular complexity index is 1130. The summed E-state index contributed by atoms with van der Waals surface area (Å²) in [5.74, 6) is 3.59. The Morgan fingerprint density at radius 1 is 1.15 bits per heavy atom. The first-order valence-corrected chi connectivity index (χ1v) is 13.8. The van der Waals surface area contributed by atoms with E-state index in [0.717, 1.165) is 42.2 Å². The first kappa shape index (κ1) is 22.8. The van der Waals surface area contributed by atoms with Crippen molar-refractivity contribution >= 4 is 27.0 Å². The second kappa shape index (κ2) is 8.38. The van der Waals surface area contributed by atoms with Gasteiger partial charge in [0.1, 0.15) is 5.82 Å². The summed E-state index contributed by atoms with van der Waals surface area (Å²) in [4.78, 5) is 17.7. The van der Waals surface area contributed by atoms with Gasteiger partial charge in [0.25, 0.3) is 0 Å². The summed E-state index contributed by atoms with van der Waals surface area (Å²) < 4.78 is 28.3. The van der Waals surface area contributed by atoms with E-state index in [-0.39, 0.29) is 10.8 Å². The molecule has 0 aliphatic heterocycles. The lowest BCUT2D eigenvalue weighted by atomic mass is 9.49. The summed E-state index contributed by atoms with van der Waals surface area (Å²) in [6.07, 6.45) is 9.08. The molecule has 7 nitrogen and oxygen atoms in total. The smallest absolute Gasteiger partial charge is 0.242 e. The van der Waals surface area contributed by atoms with E-state index >= 15 is 0 Å². The van der Waals surface area contributed by atoms with Crippen LogP contribution in [-0.2, 0) is 27.8 Å². The summed E-state index contributed by atoms with van der Waals surface area (Å²) in [6.45, 7) is 3.59. The number of nitrogens with one attached hydrogen (secondary N) is 1. The number of amides is 1. The number of carbonyl (C=O) groups is 1. The van der Waals surface area contributed by atoms with Crippen molar-refractivity contribution in [1.82, 2.24) is 19.2 Å². The van der Waals surface area contributed by atoms with Gasteiger partial charge in [-0.3, -0.25) is 4.79 Å². The van der Waals surface area contributed by atoms with Gasteiger partial charge in [-0.05, 0) is 86.8 Å². The molecule has 4 aliphatic carbocycles. The number of rotatable bonds is 8. The fourth-order valence-corrected chi connectivity index (χ4v) is 8.10. The van der Waals surface area contributed by atoms with E-state index in [9.17, 15) is 13.2 Å². The number of sulfonamides is 1. The normalized spacial score (nSPS) is 28.7. The van der Waals surface area contributed by atoms with Crippen molar-refractivity contribution in [3.8, 4) is 0 Å². The third kappa shape index (κ3) is 4.20. The van der Waals surface area contributed by atoms with Gasteiger partial charge in [0, 0.05) is 40.0 Å². The number of carbonyl (C=O) groups excluding carboxylic acids is 1. The summed E-state index contributed by atoms with van der Waals surface area (Å²) in [5.41, 5.74) is 1.90. The topological polar surface area (TPSA) is 84.3 Å². The molecule has 4 saturated carbocycles. The number of aromatic nitrogens is 2. The Balaban J connectivity index is 1.25. The Morgan fingerprint density at radius 3 is 2.36 bits per heavy atom. The molecule has 33 heavy (non-hydrogen) atoms. The Morgan fingerprint density at radius 2 is 1.79 bits per heavy atom. The molecule has 0 spiro atoms. The minimum Gasteiger partial charge on any atom is -0.356 e. The van der Waals surface area contributed by atoms with Crippen LogP contribution in [0, 0.1) is 23.2 Å². The van der Waals surface area contributed by atoms with Crippen LogP contribution in [0.4, 0.5) is 0 Å². The molecule has 1 amide bonds. The van der Waals surface area contributed by atoms with Crippen LogP contribution in [-0.4, -0.2) is 48.8 Å². The molecule has 2 aromatic rings. The second-order valence-electron chi connectivity index (χ2n) is 10.9. The van der Waals surface area contributed by atoms with Crippen molar-refractivity contribution in [2.45, 2.75) is 69.7 Å². The fourth-order valence-electron chi connectivity index (χ4n) is 7.18. The molecular weight excluding hydrogens is 436 g/mol. The van der Waals surface area contributed by atoms with Gasteiger partial charge in [0.15, 0.2) is 0 Å². The van der Waals surface area contributed by atoms with Crippen molar-refractivity contribution in [3.05, 3.63) is 24.0 Å². The highest BCUT2D eigenvalue weighted by molar-refractivity contribution is 7.89. The average molecular weight is 473 g/mol. The number of fused-ring (bicyclic) bond motifs is 1. The van der Waals surface area contributed by atoms with E-state index in [2.05, 4.69) is 9.88 Å². The van der Waals surface area contributed by atoms with Crippen molar-refractivity contribution in [2.24, 2.45) is 23.2 Å². The second-order valence-corrected chi connectivity index (χ2v) is 13.1. The Hall–Kier alpha value is -1.93. The van der Waals surface area contributed by atoms with Crippen molar-refractivity contribution in [1.29, 1.82) is 0 Å². The van der Waals surface area contributed by atoms with Crippen LogP contribution >= 0.6 is 0 Å². The summed E-state index contributed by atoms with van der Waals surface area (Å²) in [5, 5.41) is 3.26. The highest BCUT2D eigenvalue weighted by Gasteiger charge is 2.50. The molecule has 1 heterocycles. The molecule has 4 bridgehead atoms. The number of aryl methyl sites for hydroxylation is 2. The van der Waals surface area contributed by atoms with Crippen LogP contribution in [0.25, 0.3) is 11.0 Å². The molecule has 0 atom stereocenters. The average Bonchev–Trinajstić information content (AvgIpc) is 3.12. The molecular formula is C25H36N4O3S. The zero-order valence-corrected chi connectivity index (χ0v) is 20.8. The molecule has 0 unspecified atom stereocenters. The third-order valence-electron chi connectivity index (χ3n) is 8.29. The molecule has 0 saturated heterocycles. The minimum atomic E-state index is -3.51. The third-order valence-corrected chi connectivity index (χ3v) is 10.1. The maximum atomic E-state index is 12.8.